The molecule has 1 fully saturated rings. The zero-order valence-corrected chi connectivity index (χ0v) is 11.6. The molecule has 1 saturated carbocycles. The first-order valence-electron chi connectivity index (χ1n) is 6.38. The summed E-state index contributed by atoms with van der Waals surface area (Å²) in [6.07, 6.45) is 1.51. The van der Waals surface area contributed by atoms with Crippen molar-refractivity contribution in [3.05, 3.63) is 17.7 Å². The molecule has 2 N–H and O–H groups in total. The summed E-state index contributed by atoms with van der Waals surface area (Å²) in [6, 6.07) is 4.27. The van der Waals surface area contributed by atoms with Crippen LogP contribution in [-0.2, 0) is 6.54 Å². The van der Waals surface area contributed by atoms with Crippen LogP contribution in [-0.4, -0.2) is 38.6 Å². The molecule has 1 aliphatic carbocycles. The highest BCUT2D eigenvalue weighted by Crippen LogP contribution is 2.38. The summed E-state index contributed by atoms with van der Waals surface area (Å²) in [5.41, 5.74) is 1.07. The molecule has 0 aliphatic heterocycles. The van der Waals surface area contributed by atoms with Crippen LogP contribution < -0.4 is 19.5 Å². The molecule has 0 unspecified atom stereocenters. The first-order chi connectivity index (χ1) is 9.17. The summed E-state index contributed by atoms with van der Waals surface area (Å²) < 4.78 is 15.9. The molecule has 1 aromatic rings. The summed E-state index contributed by atoms with van der Waals surface area (Å²) in [6.45, 7) is 0.716. The Morgan fingerprint density at radius 2 is 1.68 bits per heavy atom. The van der Waals surface area contributed by atoms with Gasteiger partial charge in [0.25, 0.3) is 0 Å². The van der Waals surface area contributed by atoms with E-state index in [2.05, 4.69) is 5.32 Å². The van der Waals surface area contributed by atoms with Gasteiger partial charge in [0, 0.05) is 12.6 Å². The minimum atomic E-state index is -0.141. The van der Waals surface area contributed by atoms with Gasteiger partial charge in [-0.1, -0.05) is 0 Å². The molecule has 1 aliphatic rings. The Labute approximate surface area is 113 Å². The van der Waals surface area contributed by atoms with E-state index in [9.17, 15) is 5.11 Å². The van der Waals surface area contributed by atoms with Crippen LogP contribution in [0, 0.1) is 0 Å². The lowest BCUT2D eigenvalue weighted by Crippen LogP contribution is -2.43. The van der Waals surface area contributed by atoms with Gasteiger partial charge < -0.3 is 24.6 Å². The second-order valence-corrected chi connectivity index (χ2v) is 4.74. The first-order valence-corrected chi connectivity index (χ1v) is 6.38. The summed E-state index contributed by atoms with van der Waals surface area (Å²) in [5.74, 6) is 1.92. The summed E-state index contributed by atoms with van der Waals surface area (Å²) in [5, 5.41) is 12.6. The number of hydrogen-bond donors (Lipinski definition) is 2. The van der Waals surface area contributed by atoms with Gasteiger partial charge in [-0.05, 0) is 30.5 Å². The number of benzene rings is 1. The van der Waals surface area contributed by atoms with Crippen LogP contribution in [0.1, 0.15) is 18.4 Å². The monoisotopic (exact) mass is 267 g/mol. The summed E-state index contributed by atoms with van der Waals surface area (Å²) in [4.78, 5) is 0. The summed E-state index contributed by atoms with van der Waals surface area (Å²) >= 11 is 0. The van der Waals surface area contributed by atoms with Crippen molar-refractivity contribution in [2.75, 3.05) is 21.3 Å². The van der Waals surface area contributed by atoms with E-state index in [0.717, 1.165) is 18.4 Å². The Morgan fingerprint density at radius 1 is 1.11 bits per heavy atom. The van der Waals surface area contributed by atoms with E-state index >= 15 is 0 Å². The van der Waals surface area contributed by atoms with Crippen molar-refractivity contribution in [1.29, 1.82) is 0 Å². The maximum Gasteiger partial charge on any atom is 0.203 e. The van der Waals surface area contributed by atoms with Crippen molar-refractivity contribution in [1.82, 2.24) is 5.32 Å². The predicted molar refractivity (Wildman–Crippen MR) is 72.0 cm³/mol. The van der Waals surface area contributed by atoms with E-state index in [-0.39, 0.29) is 6.10 Å². The molecule has 0 spiro atoms. The second kappa shape index (κ2) is 6.12. The van der Waals surface area contributed by atoms with Gasteiger partial charge in [0.15, 0.2) is 11.5 Å². The average Bonchev–Trinajstić information content (AvgIpc) is 2.40. The Hall–Kier alpha value is -1.46. The lowest BCUT2D eigenvalue weighted by atomic mass is 9.89. The predicted octanol–water partition coefficient (Wildman–Crippen LogP) is 1.33. The number of ether oxygens (including phenoxy) is 3. The van der Waals surface area contributed by atoms with Crippen LogP contribution in [0.15, 0.2) is 12.1 Å². The fourth-order valence-electron chi connectivity index (χ4n) is 2.25. The number of aliphatic hydroxyl groups is 1. The van der Waals surface area contributed by atoms with Crippen molar-refractivity contribution in [3.63, 3.8) is 0 Å². The smallest absolute Gasteiger partial charge is 0.203 e. The second-order valence-electron chi connectivity index (χ2n) is 4.74. The van der Waals surface area contributed by atoms with E-state index in [4.69, 9.17) is 14.2 Å². The maximum atomic E-state index is 9.25. The molecule has 0 aromatic heterocycles. The number of methoxy groups -OCH3 is 3. The standard InChI is InChI=1S/C14H21NO4/c1-17-12-4-9(5-13(18-2)14(12)19-3)8-15-10-6-11(16)7-10/h4-5,10-11,15-16H,6-8H2,1-3H3. The molecule has 5 heteroatoms. The van der Waals surface area contributed by atoms with Gasteiger partial charge in [0.2, 0.25) is 5.75 Å². The largest absolute Gasteiger partial charge is 0.493 e. The van der Waals surface area contributed by atoms with Crippen molar-refractivity contribution >= 4 is 0 Å². The van der Waals surface area contributed by atoms with Gasteiger partial charge in [-0.15, -0.1) is 0 Å². The minimum Gasteiger partial charge on any atom is -0.493 e. The molecule has 0 amide bonds. The van der Waals surface area contributed by atoms with Crippen LogP contribution >= 0.6 is 0 Å². The van der Waals surface area contributed by atoms with Crippen molar-refractivity contribution in [2.45, 2.75) is 31.5 Å². The van der Waals surface area contributed by atoms with E-state index < -0.39 is 0 Å². The van der Waals surface area contributed by atoms with Gasteiger partial charge in [-0.25, -0.2) is 0 Å². The van der Waals surface area contributed by atoms with E-state index in [0.29, 0.717) is 29.8 Å². The summed E-state index contributed by atoms with van der Waals surface area (Å²) in [7, 11) is 4.81. The van der Waals surface area contributed by atoms with Gasteiger partial charge in [0.1, 0.15) is 0 Å². The third kappa shape index (κ3) is 3.11. The Bertz CT molecular complexity index is 404. The van der Waals surface area contributed by atoms with E-state index in [1.165, 1.54) is 0 Å². The number of aliphatic hydroxyl groups excluding tert-OH is 1. The highest BCUT2D eigenvalue weighted by molar-refractivity contribution is 5.53. The fraction of sp³-hybridized carbons (Fsp3) is 0.571. The zero-order valence-electron chi connectivity index (χ0n) is 11.6. The highest BCUT2D eigenvalue weighted by atomic mass is 16.5. The molecule has 19 heavy (non-hydrogen) atoms. The van der Waals surface area contributed by atoms with Crippen LogP contribution in [0.2, 0.25) is 0 Å². The molecule has 0 atom stereocenters. The number of rotatable bonds is 6. The molecule has 106 valence electrons. The molecule has 1 aromatic carbocycles. The number of hydrogen-bond acceptors (Lipinski definition) is 5. The molecular weight excluding hydrogens is 246 g/mol. The first kappa shape index (κ1) is 14.0. The van der Waals surface area contributed by atoms with Gasteiger partial charge in [-0.2, -0.15) is 0 Å². The lowest BCUT2D eigenvalue weighted by molar-refractivity contribution is 0.0619. The third-order valence-electron chi connectivity index (χ3n) is 3.43. The molecule has 0 bridgehead atoms. The van der Waals surface area contributed by atoms with Crippen molar-refractivity contribution < 1.29 is 19.3 Å². The van der Waals surface area contributed by atoms with Crippen molar-refractivity contribution in [3.8, 4) is 17.2 Å². The SMILES string of the molecule is COc1cc(CNC2CC(O)C2)cc(OC)c1OC. The van der Waals surface area contributed by atoms with Crippen LogP contribution in [0.4, 0.5) is 0 Å². The maximum absolute atomic E-state index is 9.25. The fourth-order valence-corrected chi connectivity index (χ4v) is 2.25. The van der Waals surface area contributed by atoms with E-state index in [1.54, 1.807) is 21.3 Å². The normalized spacial score (nSPS) is 21.7. The molecular formula is C14H21NO4. The topological polar surface area (TPSA) is 60.0 Å². The number of nitrogens with one attached hydrogen (secondary N) is 1. The van der Waals surface area contributed by atoms with Gasteiger partial charge in [0.05, 0.1) is 27.4 Å². The average molecular weight is 267 g/mol. The Balaban J connectivity index is 2.07. The lowest BCUT2D eigenvalue weighted by Gasteiger charge is -2.32. The molecule has 0 saturated heterocycles. The van der Waals surface area contributed by atoms with Crippen LogP contribution in [0.5, 0.6) is 17.2 Å². The van der Waals surface area contributed by atoms with Gasteiger partial charge >= 0.3 is 0 Å². The van der Waals surface area contributed by atoms with Gasteiger partial charge in [-0.3, -0.25) is 0 Å². The molecule has 2 rings (SSSR count). The molecule has 0 radical (unpaired) electrons. The Kier molecular flexibility index (Phi) is 4.50. The quantitative estimate of drug-likeness (QED) is 0.814. The molecule has 5 nitrogen and oxygen atoms in total. The third-order valence-corrected chi connectivity index (χ3v) is 3.43. The van der Waals surface area contributed by atoms with E-state index in [1.807, 2.05) is 12.1 Å². The van der Waals surface area contributed by atoms with Crippen molar-refractivity contribution in [2.24, 2.45) is 0 Å². The highest BCUT2D eigenvalue weighted by Gasteiger charge is 2.26. The minimum absolute atomic E-state index is 0.141. The molecule has 0 heterocycles. The van der Waals surface area contributed by atoms with Crippen LogP contribution in [0.25, 0.3) is 0 Å². The Morgan fingerprint density at radius 3 is 2.11 bits per heavy atom. The zero-order chi connectivity index (χ0) is 13.8. The van der Waals surface area contributed by atoms with Crippen LogP contribution in [0.3, 0.4) is 0 Å².